The summed E-state index contributed by atoms with van der Waals surface area (Å²) in [5.74, 6) is 1.40. The standard InChI is InChI=1S/C25H24ClN5O2S/c1-17-10-12-18(13-11-17)27-15-23-29-30-25(31(23)19-6-5-7-20(14-19)33-2)34-16-24(32)28-22-9-4-3-8-21(22)26/h3-14,27H,15-16H2,1-2H3,(H,28,32). The van der Waals surface area contributed by atoms with Crippen LogP contribution in [0, 0.1) is 6.92 Å². The maximum absolute atomic E-state index is 12.6. The second-order valence-corrected chi connectivity index (χ2v) is 8.82. The topological polar surface area (TPSA) is 81.1 Å². The molecule has 0 saturated carbocycles. The molecule has 0 bridgehead atoms. The van der Waals surface area contributed by atoms with Crippen molar-refractivity contribution in [2.24, 2.45) is 0 Å². The van der Waals surface area contributed by atoms with Crippen LogP contribution < -0.4 is 15.4 Å². The molecule has 0 aliphatic heterocycles. The molecule has 7 nitrogen and oxygen atoms in total. The maximum atomic E-state index is 12.6. The van der Waals surface area contributed by atoms with Gasteiger partial charge in [0.2, 0.25) is 5.91 Å². The first-order valence-corrected chi connectivity index (χ1v) is 12.0. The molecule has 0 radical (unpaired) electrons. The molecular weight excluding hydrogens is 470 g/mol. The third kappa shape index (κ3) is 5.89. The largest absolute Gasteiger partial charge is 0.497 e. The smallest absolute Gasteiger partial charge is 0.234 e. The normalized spacial score (nSPS) is 10.7. The predicted molar refractivity (Wildman–Crippen MR) is 137 cm³/mol. The number of benzene rings is 3. The number of carbonyl (C=O) groups is 1. The fourth-order valence-corrected chi connectivity index (χ4v) is 4.20. The molecule has 9 heteroatoms. The molecule has 0 fully saturated rings. The molecule has 0 atom stereocenters. The highest BCUT2D eigenvalue weighted by molar-refractivity contribution is 7.99. The number of hydrogen-bond acceptors (Lipinski definition) is 6. The number of carbonyl (C=O) groups excluding carboxylic acids is 1. The summed E-state index contributed by atoms with van der Waals surface area (Å²) in [4.78, 5) is 12.6. The van der Waals surface area contributed by atoms with Crippen LogP contribution in [-0.4, -0.2) is 33.5 Å². The Bertz CT molecular complexity index is 1280. The molecule has 174 valence electrons. The number of nitrogens with one attached hydrogen (secondary N) is 2. The number of amides is 1. The molecule has 3 aromatic carbocycles. The van der Waals surface area contributed by atoms with E-state index >= 15 is 0 Å². The fourth-order valence-electron chi connectivity index (χ4n) is 3.25. The van der Waals surface area contributed by atoms with Crippen LogP contribution in [-0.2, 0) is 11.3 Å². The number of rotatable bonds is 9. The average Bonchev–Trinajstić information content (AvgIpc) is 3.26. The predicted octanol–water partition coefficient (Wildman–Crippen LogP) is 5.58. The van der Waals surface area contributed by atoms with Crippen molar-refractivity contribution >= 4 is 40.6 Å². The summed E-state index contributed by atoms with van der Waals surface area (Å²) in [7, 11) is 1.62. The van der Waals surface area contributed by atoms with E-state index in [1.165, 1.54) is 17.3 Å². The van der Waals surface area contributed by atoms with Crippen LogP contribution in [0.4, 0.5) is 11.4 Å². The van der Waals surface area contributed by atoms with Crippen molar-refractivity contribution in [2.75, 3.05) is 23.5 Å². The van der Waals surface area contributed by atoms with Gasteiger partial charge in [0.15, 0.2) is 11.0 Å². The number of hydrogen-bond donors (Lipinski definition) is 2. The Hall–Kier alpha value is -3.49. The second kappa shape index (κ2) is 11.1. The third-order valence-electron chi connectivity index (χ3n) is 4.99. The molecule has 0 spiro atoms. The van der Waals surface area contributed by atoms with Crippen molar-refractivity contribution < 1.29 is 9.53 Å². The van der Waals surface area contributed by atoms with Gasteiger partial charge in [-0.1, -0.05) is 59.3 Å². The zero-order valence-electron chi connectivity index (χ0n) is 18.8. The molecule has 1 aromatic heterocycles. The van der Waals surface area contributed by atoms with Gasteiger partial charge in [0.05, 0.1) is 35.8 Å². The molecule has 34 heavy (non-hydrogen) atoms. The van der Waals surface area contributed by atoms with Gasteiger partial charge in [-0.05, 0) is 43.3 Å². The summed E-state index contributed by atoms with van der Waals surface area (Å²) in [6, 6.07) is 22.9. The van der Waals surface area contributed by atoms with E-state index in [-0.39, 0.29) is 11.7 Å². The molecular formula is C25H24ClN5O2S. The van der Waals surface area contributed by atoms with E-state index in [1.807, 2.05) is 65.2 Å². The fraction of sp³-hybridized carbons (Fsp3) is 0.160. The van der Waals surface area contributed by atoms with E-state index in [0.717, 1.165) is 17.1 Å². The van der Waals surface area contributed by atoms with E-state index in [4.69, 9.17) is 16.3 Å². The molecule has 0 aliphatic carbocycles. The number of para-hydroxylation sites is 1. The van der Waals surface area contributed by atoms with Crippen LogP contribution in [0.25, 0.3) is 5.69 Å². The summed E-state index contributed by atoms with van der Waals surface area (Å²) in [5.41, 5.74) is 3.60. The van der Waals surface area contributed by atoms with E-state index in [0.29, 0.717) is 28.2 Å². The number of nitrogens with zero attached hydrogens (tertiary/aromatic N) is 3. The van der Waals surface area contributed by atoms with Gasteiger partial charge < -0.3 is 15.4 Å². The number of halogens is 1. The van der Waals surface area contributed by atoms with Gasteiger partial charge in [-0.3, -0.25) is 9.36 Å². The lowest BCUT2D eigenvalue weighted by Crippen LogP contribution is -2.15. The lowest BCUT2D eigenvalue weighted by molar-refractivity contribution is -0.113. The molecule has 0 unspecified atom stereocenters. The van der Waals surface area contributed by atoms with E-state index < -0.39 is 0 Å². The zero-order valence-corrected chi connectivity index (χ0v) is 20.4. The van der Waals surface area contributed by atoms with Crippen LogP contribution in [0.15, 0.2) is 78.0 Å². The van der Waals surface area contributed by atoms with Gasteiger partial charge >= 0.3 is 0 Å². The van der Waals surface area contributed by atoms with Crippen molar-refractivity contribution in [1.82, 2.24) is 14.8 Å². The lowest BCUT2D eigenvalue weighted by atomic mass is 10.2. The number of aromatic nitrogens is 3. The molecule has 2 N–H and O–H groups in total. The van der Waals surface area contributed by atoms with Gasteiger partial charge in [0.25, 0.3) is 0 Å². The summed E-state index contributed by atoms with van der Waals surface area (Å²) in [5, 5.41) is 16.1. The van der Waals surface area contributed by atoms with Gasteiger partial charge in [0, 0.05) is 11.8 Å². The highest BCUT2D eigenvalue weighted by Gasteiger charge is 2.17. The monoisotopic (exact) mass is 493 g/mol. The SMILES string of the molecule is COc1cccc(-n2c(CNc3ccc(C)cc3)nnc2SCC(=O)Nc2ccccc2Cl)c1. The van der Waals surface area contributed by atoms with Crippen molar-refractivity contribution in [3.8, 4) is 11.4 Å². The van der Waals surface area contributed by atoms with Crippen LogP contribution in [0.5, 0.6) is 5.75 Å². The summed E-state index contributed by atoms with van der Waals surface area (Å²) in [6.45, 7) is 2.51. The molecule has 4 aromatic rings. The Labute approximate surface area is 207 Å². The second-order valence-electron chi connectivity index (χ2n) is 7.47. The minimum absolute atomic E-state index is 0.152. The number of anilines is 2. The van der Waals surface area contributed by atoms with Gasteiger partial charge in [-0.2, -0.15) is 0 Å². The first-order valence-electron chi connectivity index (χ1n) is 10.6. The average molecular weight is 494 g/mol. The maximum Gasteiger partial charge on any atom is 0.234 e. The number of methoxy groups -OCH3 is 1. The lowest BCUT2D eigenvalue weighted by Gasteiger charge is -2.13. The van der Waals surface area contributed by atoms with Crippen molar-refractivity contribution in [3.05, 3.63) is 89.2 Å². The molecule has 4 rings (SSSR count). The molecule has 1 heterocycles. The number of thioether (sulfide) groups is 1. The van der Waals surface area contributed by atoms with Crippen LogP contribution in [0.3, 0.4) is 0 Å². The Balaban J connectivity index is 1.54. The highest BCUT2D eigenvalue weighted by atomic mass is 35.5. The van der Waals surface area contributed by atoms with Gasteiger partial charge in [-0.15, -0.1) is 10.2 Å². The van der Waals surface area contributed by atoms with Crippen molar-refractivity contribution in [3.63, 3.8) is 0 Å². The minimum atomic E-state index is -0.183. The highest BCUT2D eigenvalue weighted by Crippen LogP contribution is 2.26. The van der Waals surface area contributed by atoms with E-state index in [1.54, 1.807) is 19.2 Å². The zero-order chi connectivity index (χ0) is 23.9. The Morgan fingerprint density at radius 2 is 1.85 bits per heavy atom. The Morgan fingerprint density at radius 3 is 2.62 bits per heavy atom. The summed E-state index contributed by atoms with van der Waals surface area (Å²) in [6.07, 6.45) is 0. The molecule has 1 amide bonds. The van der Waals surface area contributed by atoms with E-state index in [2.05, 4.69) is 27.8 Å². The van der Waals surface area contributed by atoms with Crippen molar-refractivity contribution in [2.45, 2.75) is 18.6 Å². The quantitative estimate of drug-likeness (QED) is 0.296. The van der Waals surface area contributed by atoms with Crippen molar-refractivity contribution in [1.29, 1.82) is 0 Å². The Morgan fingerprint density at radius 1 is 1.06 bits per heavy atom. The third-order valence-corrected chi connectivity index (χ3v) is 6.25. The Kier molecular flexibility index (Phi) is 7.72. The summed E-state index contributed by atoms with van der Waals surface area (Å²) >= 11 is 7.45. The van der Waals surface area contributed by atoms with Gasteiger partial charge in [0.1, 0.15) is 5.75 Å². The van der Waals surface area contributed by atoms with Crippen LogP contribution in [0.2, 0.25) is 5.02 Å². The number of ether oxygens (including phenoxy) is 1. The van der Waals surface area contributed by atoms with Gasteiger partial charge in [-0.25, -0.2) is 0 Å². The first-order chi connectivity index (χ1) is 16.5. The summed E-state index contributed by atoms with van der Waals surface area (Å²) < 4.78 is 7.32. The molecule has 0 aliphatic rings. The van der Waals surface area contributed by atoms with Crippen LogP contribution in [0.1, 0.15) is 11.4 Å². The molecule has 0 saturated heterocycles. The number of aryl methyl sites for hydroxylation is 1. The van der Waals surface area contributed by atoms with Crippen LogP contribution >= 0.6 is 23.4 Å². The minimum Gasteiger partial charge on any atom is -0.497 e. The van der Waals surface area contributed by atoms with E-state index in [9.17, 15) is 4.79 Å². The first kappa shape index (κ1) is 23.7.